The Balaban J connectivity index is 1.98. The molecule has 0 aliphatic heterocycles. The second-order valence-corrected chi connectivity index (χ2v) is 4.24. The number of benzene rings is 1. The van der Waals surface area contributed by atoms with Crippen LogP contribution < -0.4 is 5.32 Å². The molecular formula is C14H12N4O. The number of hydrogen-bond donors (Lipinski definition) is 2. The van der Waals surface area contributed by atoms with Crippen molar-refractivity contribution in [3.63, 3.8) is 0 Å². The van der Waals surface area contributed by atoms with Gasteiger partial charge in [-0.05, 0) is 31.2 Å². The van der Waals surface area contributed by atoms with Gasteiger partial charge in [0.1, 0.15) is 0 Å². The van der Waals surface area contributed by atoms with Crippen LogP contribution in [0.15, 0.2) is 42.7 Å². The molecule has 3 rings (SSSR count). The van der Waals surface area contributed by atoms with Gasteiger partial charge >= 0.3 is 0 Å². The third-order valence-electron chi connectivity index (χ3n) is 2.97. The molecule has 5 heteroatoms. The highest BCUT2D eigenvalue weighted by atomic mass is 16.1. The van der Waals surface area contributed by atoms with E-state index >= 15 is 0 Å². The number of amides is 1. The number of nitrogens with one attached hydrogen (secondary N) is 2. The van der Waals surface area contributed by atoms with Gasteiger partial charge in [0, 0.05) is 17.3 Å². The van der Waals surface area contributed by atoms with Crippen LogP contribution in [0.5, 0.6) is 0 Å². The van der Waals surface area contributed by atoms with Crippen molar-refractivity contribution in [1.29, 1.82) is 0 Å². The molecule has 2 aromatic heterocycles. The number of aryl methyl sites for hydroxylation is 1. The van der Waals surface area contributed by atoms with E-state index in [1.54, 1.807) is 6.20 Å². The zero-order chi connectivity index (χ0) is 13.2. The number of anilines is 1. The molecule has 19 heavy (non-hydrogen) atoms. The van der Waals surface area contributed by atoms with E-state index in [1.807, 2.05) is 37.3 Å². The van der Waals surface area contributed by atoms with Crippen molar-refractivity contribution in [1.82, 2.24) is 15.2 Å². The van der Waals surface area contributed by atoms with Crippen LogP contribution in [0, 0.1) is 6.92 Å². The number of aromatic nitrogens is 3. The van der Waals surface area contributed by atoms with Crippen molar-refractivity contribution in [3.05, 3.63) is 54.0 Å². The number of nitrogens with zero attached hydrogens (tertiary/aromatic N) is 2. The first-order chi connectivity index (χ1) is 9.25. The molecular weight excluding hydrogens is 240 g/mol. The number of H-pyrrole nitrogens is 1. The molecule has 2 heterocycles. The van der Waals surface area contributed by atoms with Gasteiger partial charge in [-0.2, -0.15) is 5.10 Å². The van der Waals surface area contributed by atoms with E-state index in [0.29, 0.717) is 5.56 Å². The Labute approximate surface area is 109 Å². The lowest BCUT2D eigenvalue weighted by molar-refractivity contribution is 0.102. The summed E-state index contributed by atoms with van der Waals surface area (Å²) < 4.78 is 0. The summed E-state index contributed by atoms with van der Waals surface area (Å²) in [5.74, 6) is -0.178. The maximum atomic E-state index is 12.1. The fraction of sp³-hybridized carbons (Fsp3) is 0.0714. The molecule has 1 aromatic carbocycles. The predicted molar refractivity (Wildman–Crippen MR) is 73.0 cm³/mol. The van der Waals surface area contributed by atoms with Crippen molar-refractivity contribution < 1.29 is 4.79 Å². The van der Waals surface area contributed by atoms with E-state index in [2.05, 4.69) is 20.5 Å². The van der Waals surface area contributed by atoms with Crippen LogP contribution in [0.25, 0.3) is 10.9 Å². The van der Waals surface area contributed by atoms with E-state index in [1.165, 1.54) is 6.20 Å². The standard InChI is InChI=1S/C14H12N4O/c1-9-11(8-16-18-9)14(19)17-13-6-2-5-12-10(13)4-3-7-15-12/h2-8H,1H3,(H,16,18)(H,17,19). The molecule has 0 spiro atoms. The average Bonchev–Trinajstić information content (AvgIpc) is 2.85. The van der Waals surface area contributed by atoms with Crippen LogP contribution in [0.3, 0.4) is 0 Å². The molecule has 94 valence electrons. The van der Waals surface area contributed by atoms with Crippen molar-refractivity contribution in [3.8, 4) is 0 Å². The fourth-order valence-corrected chi connectivity index (χ4v) is 1.98. The summed E-state index contributed by atoms with van der Waals surface area (Å²) in [4.78, 5) is 16.4. The Kier molecular flexibility index (Phi) is 2.72. The van der Waals surface area contributed by atoms with E-state index in [-0.39, 0.29) is 5.91 Å². The zero-order valence-corrected chi connectivity index (χ0v) is 10.3. The van der Waals surface area contributed by atoms with Crippen LogP contribution in [-0.4, -0.2) is 21.1 Å². The Hall–Kier alpha value is -2.69. The summed E-state index contributed by atoms with van der Waals surface area (Å²) in [6.07, 6.45) is 3.25. The van der Waals surface area contributed by atoms with Gasteiger partial charge in [0.2, 0.25) is 0 Å². The molecule has 0 aliphatic rings. The first kappa shape index (κ1) is 11.4. The Morgan fingerprint density at radius 3 is 2.95 bits per heavy atom. The lowest BCUT2D eigenvalue weighted by atomic mass is 10.1. The van der Waals surface area contributed by atoms with Crippen LogP contribution in [0.2, 0.25) is 0 Å². The molecule has 1 amide bonds. The molecule has 0 bridgehead atoms. The van der Waals surface area contributed by atoms with Gasteiger partial charge in [-0.3, -0.25) is 14.9 Å². The molecule has 0 unspecified atom stereocenters. The molecule has 0 saturated heterocycles. The predicted octanol–water partition coefficient (Wildman–Crippen LogP) is 2.52. The molecule has 0 atom stereocenters. The van der Waals surface area contributed by atoms with Crippen molar-refractivity contribution in [2.45, 2.75) is 6.92 Å². The van der Waals surface area contributed by atoms with E-state index in [0.717, 1.165) is 22.3 Å². The largest absolute Gasteiger partial charge is 0.321 e. The molecule has 0 fully saturated rings. The summed E-state index contributed by atoms with van der Waals surface area (Å²) in [6, 6.07) is 9.42. The molecule has 2 N–H and O–H groups in total. The Morgan fingerprint density at radius 2 is 2.16 bits per heavy atom. The SMILES string of the molecule is Cc1[nH]ncc1C(=O)Nc1cccc2ncccc12. The fourth-order valence-electron chi connectivity index (χ4n) is 1.98. The number of carbonyl (C=O) groups excluding carboxylic acids is 1. The maximum absolute atomic E-state index is 12.1. The number of hydrogen-bond acceptors (Lipinski definition) is 3. The van der Waals surface area contributed by atoms with Crippen LogP contribution >= 0.6 is 0 Å². The van der Waals surface area contributed by atoms with Gasteiger partial charge in [-0.25, -0.2) is 0 Å². The second-order valence-electron chi connectivity index (χ2n) is 4.24. The Morgan fingerprint density at radius 1 is 1.26 bits per heavy atom. The highest BCUT2D eigenvalue weighted by molar-refractivity contribution is 6.09. The summed E-state index contributed by atoms with van der Waals surface area (Å²) in [5, 5.41) is 10.4. The van der Waals surface area contributed by atoms with Gasteiger partial charge in [-0.15, -0.1) is 0 Å². The summed E-state index contributed by atoms with van der Waals surface area (Å²) >= 11 is 0. The van der Waals surface area contributed by atoms with Crippen molar-refractivity contribution in [2.24, 2.45) is 0 Å². The number of rotatable bonds is 2. The number of carbonyl (C=O) groups is 1. The quantitative estimate of drug-likeness (QED) is 0.736. The summed E-state index contributed by atoms with van der Waals surface area (Å²) in [5.41, 5.74) is 2.89. The van der Waals surface area contributed by atoms with Gasteiger partial charge in [0.05, 0.1) is 23.0 Å². The second kappa shape index (κ2) is 4.53. The maximum Gasteiger partial charge on any atom is 0.259 e. The molecule has 5 nitrogen and oxygen atoms in total. The van der Waals surface area contributed by atoms with Crippen molar-refractivity contribution >= 4 is 22.5 Å². The molecule has 3 aromatic rings. The van der Waals surface area contributed by atoms with Gasteiger partial charge in [0.15, 0.2) is 0 Å². The topological polar surface area (TPSA) is 70.7 Å². The minimum atomic E-state index is -0.178. The number of pyridine rings is 1. The van der Waals surface area contributed by atoms with Crippen LogP contribution in [0.1, 0.15) is 16.1 Å². The normalized spacial score (nSPS) is 10.6. The van der Waals surface area contributed by atoms with Crippen molar-refractivity contribution in [2.75, 3.05) is 5.32 Å². The Bertz CT molecular complexity index is 743. The van der Waals surface area contributed by atoms with Crippen LogP contribution in [0.4, 0.5) is 5.69 Å². The molecule has 0 radical (unpaired) electrons. The number of aromatic amines is 1. The highest BCUT2D eigenvalue weighted by Crippen LogP contribution is 2.22. The van der Waals surface area contributed by atoms with E-state index in [9.17, 15) is 4.79 Å². The molecule has 0 saturated carbocycles. The monoisotopic (exact) mass is 252 g/mol. The third-order valence-corrected chi connectivity index (χ3v) is 2.97. The van der Waals surface area contributed by atoms with Gasteiger partial charge < -0.3 is 5.32 Å². The summed E-state index contributed by atoms with van der Waals surface area (Å²) in [7, 11) is 0. The lowest BCUT2D eigenvalue weighted by Gasteiger charge is -2.07. The number of fused-ring (bicyclic) bond motifs is 1. The first-order valence-corrected chi connectivity index (χ1v) is 5.91. The van der Waals surface area contributed by atoms with E-state index < -0.39 is 0 Å². The van der Waals surface area contributed by atoms with E-state index in [4.69, 9.17) is 0 Å². The van der Waals surface area contributed by atoms with Gasteiger partial charge in [-0.1, -0.05) is 6.07 Å². The molecule has 0 aliphatic carbocycles. The average molecular weight is 252 g/mol. The summed E-state index contributed by atoms with van der Waals surface area (Å²) in [6.45, 7) is 1.81. The first-order valence-electron chi connectivity index (χ1n) is 5.91. The zero-order valence-electron chi connectivity index (χ0n) is 10.3. The van der Waals surface area contributed by atoms with Gasteiger partial charge in [0.25, 0.3) is 5.91 Å². The smallest absolute Gasteiger partial charge is 0.259 e. The highest BCUT2D eigenvalue weighted by Gasteiger charge is 2.12. The minimum absolute atomic E-state index is 0.178. The van der Waals surface area contributed by atoms with Crippen LogP contribution in [-0.2, 0) is 0 Å². The third kappa shape index (κ3) is 2.06. The minimum Gasteiger partial charge on any atom is -0.321 e. The lowest BCUT2D eigenvalue weighted by Crippen LogP contribution is -2.12.